The molecule has 1 aromatic carbocycles. The number of hydrogen-bond donors (Lipinski definition) is 4. The van der Waals surface area contributed by atoms with E-state index in [1.807, 2.05) is 0 Å². The smallest absolute Gasteiger partial charge is 0.319 e. The van der Waals surface area contributed by atoms with Gasteiger partial charge in [0.15, 0.2) is 0 Å². The molecule has 0 spiro atoms. The van der Waals surface area contributed by atoms with Crippen molar-refractivity contribution in [1.29, 1.82) is 0 Å². The number of ether oxygens (including phenoxy) is 1. The van der Waals surface area contributed by atoms with Gasteiger partial charge in [0.1, 0.15) is 11.9 Å². The van der Waals surface area contributed by atoms with Crippen molar-refractivity contribution in [2.75, 3.05) is 38.1 Å². The Morgan fingerprint density at radius 1 is 1.17 bits per heavy atom. The number of rotatable bonds is 8. The second-order valence-corrected chi connectivity index (χ2v) is 7.51. The van der Waals surface area contributed by atoms with Gasteiger partial charge in [-0.3, -0.25) is 4.79 Å². The minimum atomic E-state index is -0.670. The molecule has 30 heavy (non-hydrogen) atoms. The van der Waals surface area contributed by atoms with E-state index < -0.39 is 30.1 Å². The van der Waals surface area contributed by atoms with Gasteiger partial charge < -0.3 is 30.7 Å². The average molecular weight is 420 g/mol. The Labute approximate surface area is 175 Å². The van der Waals surface area contributed by atoms with Crippen LogP contribution in [0.25, 0.3) is 0 Å². The lowest BCUT2D eigenvalue weighted by atomic mass is 10.0. The lowest BCUT2D eigenvalue weighted by Gasteiger charge is -2.31. The molecule has 2 aliphatic rings. The summed E-state index contributed by atoms with van der Waals surface area (Å²) in [5, 5.41) is 17.8. The monoisotopic (exact) mass is 420 g/mol. The van der Waals surface area contributed by atoms with Crippen molar-refractivity contribution in [1.82, 2.24) is 15.5 Å². The first kappa shape index (κ1) is 22.2. The van der Waals surface area contributed by atoms with E-state index in [4.69, 9.17) is 4.74 Å². The number of anilines is 1. The number of halogens is 1. The van der Waals surface area contributed by atoms with Crippen molar-refractivity contribution >= 4 is 17.6 Å². The molecule has 3 atom stereocenters. The van der Waals surface area contributed by atoms with Crippen LogP contribution in [0, 0.1) is 5.82 Å². The molecular formula is C21H29FN4O4. The van der Waals surface area contributed by atoms with Gasteiger partial charge in [-0.05, 0) is 50.2 Å². The zero-order chi connectivity index (χ0) is 21.3. The summed E-state index contributed by atoms with van der Waals surface area (Å²) in [5.74, 6) is -0.503. The van der Waals surface area contributed by atoms with E-state index in [0.717, 1.165) is 19.6 Å². The van der Waals surface area contributed by atoms with Gasteiger partial charge in [0.25, 0.3) is 0 Å². The Morgan fingerprint density at radius 3 is 2.60 bits per heavy atom. The number of carbonyl (C=O) groups excluding carboxylic acids is 2. The summed E-state index contributed by atoms with van der Waals surface area (Å²) in [5.41, 5.74) is 0.443. The Bertz CT molecular complexity index is 737. The van der Waals surface area contributed by atoms with E-state index in [1.165, 1.54) is 37.1 Å². The van der Waals surface area contributed by atoms with Gasteiger partial charge in [-0.2, -0.15) is 0 Å². The second-order valence-electron chi connectivity index (χ2n) is 7.51. The fraction of sp³-hybridized carbons (Fsp3) is 0.524. The number of urea groups is 1. The van der Waals surface area contributed by atoms with Crippen LogP contribution < -0.4 is 16.0 Å². The number of nitrogens with zero attached hydrogens (tertiary/aromatic N) is 1. The molecule has 9 heteroatoms. The van der Waals surface area contributed by atoms with Crippen LogP contribution in [0.3, 0.4) is 0 Å². The molecule has 1 saturated heterocycles. The van der Waals surface area contributed by atoms with E-state index >= 15 is 0 Å². The van der Waals surface area contributed by atoms with Crippen molar-refractivity contribution < 1.29 is 23.8 Å². The number of hydrogen-bond acceptors (Lipinski definition) is 5. The van der Waals surface area contributed by atoms with Crippen LogP contribution in [-0.4, -0.2) is 73.0 Å². The maximum atomic E-state index is 12.9. The van der Waals surface area contributed by atoms with E-state index in [0.29, 0.717) is 12.2 Å². The number of carbonyl (C=O) groups is 2. The Hall–Kier alpha value is -2.49. The summed E-state index contributed by atoms with van der Waals surface area (Å²) in [6.07, 6.45) is 4.89. The average Bonchev–Trinajstić information content (AvgIpc) is 3.24. The third kappa shape index (κ3) is 6.79. The molecule has 1 aromatic rings. The van der Waals surface area contributed by atoms with Crippen LogP contribution in [0.4, 0.5) is 14.9 Å². The number of amides is 3. The van der Waals surface area contributed by atoms with Gasteiger partial charge in [-0.1, -0.05) is 12.2 Å². The number of benzene rings is 1. The van der Waals surface area contributed by atoms with Crippen molar-refractivity contribution in [2.24, 2.45) is 0 Å². The lowest BCUT2D eigenvalue weighted by molar-refractivity contribution is -0.125. The Morgan fingerprint density at radius 2 is 1.90 bits per heavy atom. The molecule has 164 valence electrons. The number of aliphatic hydroxyl groups is 1. The first-order valence-corrected chi connectivity index (χ1v) is 10.3. The molecule has 0 aliphatic carbocycles. The Kier molecular flexibility index (Phi) is 8.18. The van der Waals surface area contributed by atoms with Crippen LogP contribution in [0.1, 0.15) is 19.3 Å². The highest BCUT2D eigenvalue weighted by molar-refractivity contribution is 5.89. The number of likely N-dealkylation sites (tertiary alicyclic amines) is 1. The quantitative estimate of drug-likeness (QED) is 0.474. The van der Waals surface area contributed by atoms with Crippen molar-refractivity contribution in [3.8, 4) is 0 Å². The third-order valence-electron chi connectivity index (χ3n) is 5.20. The van der Waals surface area contributed by atoms with Crippen LogP contribution >= 0.6 is 0 Å². The molecule has 0 saturated carbocycles. The highest BCUT2D eigenvalue weighted by atomic mass is 19.1. The minimum Gasteiger partial charge on any atom is -0.394 e. The summed E-state index contributed by atoms with van der Waals surface area (Å²) in [6, 6.07) is 4.34. The SMILES string of the molecule is O=C(C[C@H]1C=C[C@@H](NC(=O)Nc2ccc(F)cc2)[C@@H](CO)O1)NCCN1CCCC1. The highest BCUT2D eigenvalue weighted by Crippen LogP contribution is 2.16. The predicted molar refractivity (Wildman–Crippen MR) is 111 cm³/mol. The molecular weight excluding hydrogens is 391 g/mol. The van der Waals surface area contributed by atoms with Crippen LogP contribution in [-0.2, 0) is 9.53 Å². The summed E-state index contributed by atoms with van der Waals surface area (Å²) in [6.45, 7) is 3.32. The topological polar surface area (TPSA) is 103 Å². The molecule has 8 nitrogen and oxygen atoms in total. The van der Waals surface area contributed by atoms with Gasteiger partial charge in [0, 0.05) is 18.8 Å². The van der Waals surface area contributed by atoms with Crippen LogP contribution in [0.15, 0.2) is 36.4 Å². The Balaban J connectivity index is 1.43. The van der Waals surface area contributed by atoms with E-state index in [-0.39, 0.29) is 18.9 Å². The van der Waals surface area contributed by atoms with Gasteiger partial charge >= 0.3 is 6.03 Å². The van der Waals surface area contributed by atoms with E-state index in [1.54, 1.807) is 12.2 Å². The summed E-state index contributed by atoms with van der Waals surface area (Å²) < 4.78 is 18.7. The molecule has 0 radical (unpaired) electrons. The largest absolute Gasteiger partial charge is 0.394 e. The minimum absolute atomic E-state index is 0.110. The molecule has 1 fully saturated rings. The first-order chi connectivity index (χ1) is 14.5. The molecule has 3 rings (SSSR count). The maximum Gasteiger partial charge on any atom is 0.319 e. The molecule has 4 N–H and O–H groups in total. The highest BCUT2D eigenvalue weighted by Gasteiger charge is 2.29. The molecule has 0 unspecified atom stereocenters. The fourth-order valence-electron chi connectivity index (χ4n) is 3.60. The zero-order valence-electron chi connectivity index (χ0n) is 16.9. The summed E-state index contributed by atoms with van der Waals surface area (Å²) in [4.78, 5) is 26.6. The number of nitrogens with one attached hydrogen (secondary N) is 3. The normalized spacial score (nSPS) is 23.9. The van der Waals surface area contributed by atoms with Crippen molar-refractivity contribution in [2.45, 2.75) is 37.5 Å². The van der Waals surface area contributed by atoms with Gasteiger partial charge in [-0.25, -0.2) is 9.18 Å². The number of aliphatic hydroxyl groups excluding tert-OH is 1. The second kappa shape index (κ2) is 11.1. The van der Waals surface area contributed by atoms with E-state index in [9.17, 15) is 19.1 Å². The summed E-state index contributed by atoms with van der Waals surface area (Å²) >= 11 is 0. The summed E-state index contributed by atoms with van der Waals surface area (Å²) in [7, 11) is 0. The third-order valence-corrected chi connectivity index (χ3v) is 5.20. The van der Waals surface area contributed by atoms with Crippen molar-refractivity contribution in [3.63, 3.8) is 0 Å². The van der Waals surface area contributed by atoms with Gasteiger partial charge in [0.05, 0.1) is 25.2 Å². The van der Waals surface area contributed by atoms with Crippen LogP contribution in [0.2, 0.25) is 0 Å². The standard InChI is InChI=1S/C21H29FN4O4/c22-15-3-5-16(6-4-15)24-21(29)25-18-8-7-17(30-19(18)14-27)13-20(28)23-9-12-26-10-1-2-11-26/h3-8,17-19,27H,1-2,9-14H2,(H,23,28)(H2,24,25,29)/t17-,18-,19-/m1/s1. The molecule has 0 bridgehead atoms. The molecule has 2 aliphatic heterocycles. The molecule has 2 heterocycles. The maximum absolute atomic E-state index is 12.9. The predicted octanol–water partition coefficient (Wildman–Crippen LogP) is 1.23. The first-order valence-electron chi connectivity index (χ1n) is 10.3. The van der Waals surface area contributed by atoms with E-state index in [2.05, 4.69) is 20.9 Å². The van der Waals surface area contributed by atoms with Gasteiger partial charge in [0.2, 0.25) is 5.91 Å². The van der Waals surface area contributed by atoms with Gasteiger partial charge in [-0.15, -0.1) is 0 Å². The zero-order valence-corrected chi connectivity index (χ0v) is 16.9. The molecule has 0 aromatic heterocycles. The fourth-order valence-corrected chi connectivity index (χ4v) is 3.60. The van der Waals surface area contributed by atoms with Crippen molar-refractivity contribution in [3.05, 3.63) is 42.2 Å². The van der Waals surface area contributed by atoms with Crippen LogP contribution in [0.5, 0.6) is 0 Å². The molecule has 3 amide bonds. The lowest BCUT2D eigenvalue weighted by Crippen LogP contribution is -2.50.